The summed E-state index contributed by atoms with van der Waals surface area (Å²) in [6, 6.07) is 12.0. The number of benzene rings is 2. The summed E-state index contributed by atoms with van der Waals surface area (Å²) in [4.78, 5) is 27.1. The van der Waals surface area contributed by atoms with Crippen molar-refractivity contribution < 1.29 is 14.0 Å². The van der Waals surface area contributed by atoms with Gasteiger partial charge in [-0.2, -0.15) is 5.10 Å². The molecular formula is C22H21FN4O2. The number of carbonyl (C=O) groups is 2. The van der Waals surface area contributed by atoms with Crippen LogP contribution in [-0.2, 0) is 20.0 Å². The van der Waals surface area contributed by atoms with E-state index in [1.807, 2.05) is 18.2 Å². The summed E-state index contributed by atoms with van der Waals surface area (Å²) in [5.41, 5.74) is 3.16. The maximum Gasteiger partial charge on any atom is 0.258 e. The molecule has 0 spiro atoms. The molecule has 7 heteroatoms. The summed E-state index contributed by atoms with van der Waals surface area (Å²) in [5, 5.41) is 6.59. The lowest BCUT2D eigenvalue weighted by Crippen LogP contribution is -2.30. The summed E-state index contributed by atoms with van der Waals surface area (Å²) in [7, 11) is 1.70. The van der Waals surface area contributed by atoms with Gasteiger partial charge in [-0.05, 0) is 42.2 Å². The van der Waals surface area contributed by atoms with Gasteiger partial charge in [-0.25, -0.2) is 4.39 Å². The lowest BCUT2D eigenvalue weighted by atomic mass is 10.0. The lowest BCUT2D eigenvalue weighted by Gasteiger charge is -2.21. The summed E-state index contributed by atoms with van der Waals surface area (Å²) in [6.45, 7) is 1.09. The van der Waals surface area contributed by atoms with E-state index in [0.29, 0.717) is 18.7 Å². The fourth-order valence-corrected chi connectivity index (χ4v) is 3.58. The van der Waals surface area contributed by atoms with Gasteiger partial charge in [0.1, 0.15) is 5.82 Å². The Labute approximate surface area is 167 Å². The number of hydrogen-bond donors (Lipinski definition) is 1. The molecular weight excluding hydrogens is 371 g/mol. The second-order valence-corrected chi connectivity index (χ2v) is 7.18. The molecule has 29 heavy (non-hydrogen) atoms. The molecule has 3 aromatic rings. The van der Waals surface area contributed by atoms with E-state index < -0.39 is 11.7 Å². The van der Waals surface area contributed by atoms with Gasteiger partial charge in [0.05, 0.1) is 11.8 Å². The molecule has 2 amide bonds. The average Bonchev–Trinajstić information content (AvgIpc) is 3.02. The maximum atomic E-state index is 14.2. The minimum Gasteiger partial charge on any atom is -0.334 e. The monoisotopic (exact) mass is 392 g/mol. The first-order valence-electron chi connectivity index (χ1n) is 9.46. The fourth-order valence-electron chi connectivity index (χ4n) is 3.58. The van der Waals surface area contributed by atoms with Crippen molar-refractivity contribution >= 4 is 17.5 Å². The molecule has 0 saturated heterocycles. The van der Waals surface area contributed by atoms with Crippen LogP contribution in [0.3, 0.4) is 0 Å². The van der Waals surface area contributed by atoms with Gasteiger partial charge in [-0.3, -0.25) is 14.3 Å². The van der Waals surface area contributed by atoms with Gasteiger partial charge in [0, 0.05) is 37.6 Å². The standard InChI is InChI=1S/C22H21FN4O2/c1-26-13-18(12-24-26)21(28)25-20-10-17(9-19(23)11-20)22(29)27-8-4-7-15-5-2-3-6-16(15)14-27/h2-3,5-6,9-13H,4,7-8,14H2,1H3,(H,25,28). The first kappa shape index (κ1) is 18.9. The molecule has 0 bridgehead atoms. The van der Waals surface area contributed by atoms with Crippen molar-refractivity contribution in [3.8, 4) is 0 Å². The number of nitrogens with zero attached hydrogens (tertiary/aromatic N) is 3. The second-order valence-electron chi connectivity index (χ2n) is 7.18. The van der Waals surface area contributed by atoms with Crippen LogP contribution in [-0.4, -0.2) is 33.0 Å². The second kappa shape index (κ2) is 7.87. The third-order valence-corrected chi connectivity index (χ3v) is 5.01. The van der Waals surface area contributed by atoms with Gasteiger partial charge in [0.15, 0.2) is 0 Å². The topological polar surface area (TPSA) is 67.2 Å². The van der Waals surface area contributed by atoms with Crippen LogP contribution in [0.2, 0.25) is 0 Å². The van der Waals surface area contributed by atoms with E-state index in [2.05, 4.69) is 16.5 Å². The predicted molar refractivity (Wildman–Crippen MR) is 107 cm³/mol. The summed E-state index contributed by atoms with van der Waals surface area (Å²) in [5.74, 6) is -1.24. The molecule has 6 nitrogen and oxygen atoms in total. The van der Waals surface area contributed by atoms with Crippen molar-refractivity contribution in [3.63, 3.8) is 0 Å². The summed E-state index contributed by atoms with van der Waals surface area (Å²) >= 11 is 0. The summed E-state index contributed by atoms with van der Waals surface area (Å²) < 4.78 is 15.7. The Balaban J connectivity index is 1.55. The van der Waals surface area contributed by atoms with E-state index in [1.54, 1.807) is 18.1 Å². The fraction of sp³-hybridized carbons (Fsp3) is 0.227. The van der Waals surface area contributed by atoms with Crippen molar-refractivity contribution in [3.05, 3.63) is 82.9 Å². The van der Waals surface area contributed by atoms with E-state index in [9.17, 15) is 14.0 Å². The smallest absolute Gasteiger partial charge is 0.258 e. The number of anilines is 1. The number of amides is 2. The van der Waals surface area contributed by atoms with Crippen LogP contribution in [0.25, 0.3) is 0 Å². The minimum absolute atomic E-state index is 0.214. The molecule has 0 unspecified atom stereocenters. The highest BCUT2D eigenvalue weighted by atomic mass is 19.1. The minimum atomic E-state index is -0.576. The summed E-state index contributed by atoms with van der Waals surface area (Å²) in [6.07, 6.45) is 4.75. The Morgan fingerprint density at radius 1 is 1.10 bits per heavy atom. The van der Waals surface area contributed by atoms with Crippen LogP contribution >= 0.6 is 0 Å². The number of fused-ring (bicyclic) bond motifs is 1. The molecule has 0 aliphatic carbocycles. The molecule has 0 radical (unpaired) electrons. The number of aromatic nitrogens is 2. The van der Waals surface area contributed by atoms with Gasteiger partial charge in [-0.15, -0.1) is 0 Å². The molecule has 1 N–H and O–H groups in total. The molecule has 0 atom stereocenters. The Kier molecular flexibility index (Phi) is 5.12. The highest BCUT2D eigenvalue weighted by Crippen LogP contribution is 2.22. The highest BCUT2D eigenvalue weighted by molar-refractivity contribution is 6.04. The normalized spacial score (nSPS) is 13.5. The Morgan fingerprint density at radius 3 is 2.66 bits per heavy atom. The van der Waals surface area contributed by atoms with E-state index >= 15 is 0 Å². The third-order valence-electron chi connectivity index (χ3n) is 5.01. The van der Waals surface area contributed by atoms with Gasteiger partial charge in [0.25, 0.3) is 11.8 Å². The van der Waals surface area contributed by atoms with Crippen LogP contribution in [0.4, 0.5) is 10.1 Å². The van der Waals surface area contributed by atoms with Crippen molar-refractivity contribution in [2.45, 2.75) is 19.4 Å². The van der Waals surface area contributed by atoms with Crippen LogP contribution < -0.4 is 5.32 Å². The number of hydrogen-bond acceptors (Lipinski definition) is 3. The molecule has 4 rings (SSSR count). The van der Waals surface area contributed by atoms with Gasteiger partial charge in [0.2, 0.25) is 0 Å². The lowest BCUT2D eigenvalue weighted by molar-refractivity contribution is 0.0745. The number of halogens is 1. The quantitative estimate of drug-likeness (QED) is 0.743. The van der Waals surface area contributed by atoms with Crippen LogP contribution in [0.15, 0.2) is 54.9 Å². The zero-order valence-corrected chi connectivity index (χ0v) is 16.1. The largest absolute Gasteiger partial charge is 0.334 e. The van der Waals surface area contributed by atoms with E-state index in [1.165, 1.54) is 34.6 Å². The van der Waals surface area contributed by atoms with Crippen LogP contribution in [0, 0.1) is 5.82 Å². The van der Waals surface area contributed by atoms with Gasteiger partial charge < -0.3 is 10.2 Å². The Hall–Kier alpha value is -3.48. The van der Waals surface area contributed by atoms with Crippen molar-refractivity contribution in [2.75, 3.05) is 11.9 Å². The number of rotatable bonds is 3. The molecule has 1 aromatic heterocycles. The molecule has 0 saturated carbocycles. The first-order chi connectivity index (χ1) is 14.0. The molecule has 1 aliphatic rings. The molecule has 1 aliphatic heterocycles. The zero-order valence-electron chi connectivity index (χ0n) is 16.1. The molecule has 2 heterocycles. The first-order valence-corrected chi connectivity index (χ1v) is 9.46. The average molecular weight is 392 g/mol. The Bertz CT molecular complexity index is 1080. The van der Waals surface area contributed by atoms with Crippen LogP contribution in [0.1, 0.15) is 38.3 Å². The van der Waals surface area contributed by atoms with E-state index in [0.717, 1.165) is 18.4 Å². The van der Waals surface area contributed by atoms with Crippen molar-refractivity contribution in [2.24, 2.45) is 7.05 Å². The highest BCUT2D eigenvalue weighted by Gasteiger charge is 2.21. The zero-order chi connectivity index (χ0) is 20.4. The SMILES string of the molecule is Cn1cc(C(=O)Nc2cc(F)cc(C(=O)N3CCCc4ccccc4C3)c2)cn1. The number of carbonyl (C=O) groups excluding carboxylic acids is 2. The predicted octanol–water partition coefficient (Wildman–Crippen LogP) is 3.40. The Morgan fingerprint density at radius 2 is 1.90 bits per heavy atom. The van der Waals surface area contributed by atoms with Gasteiger partial charge in [-0.1, -0.05) is 24.3 Å². The molecule has 148 valence electrons. The third kappa shape index (κ3) is 4.18. The van der Waals surface area contributed by atoms with E-state index in [-0.39, 0.29) is 17.2 Å². The van der Waals surface area contributed by atoms with Crippen molar-refractivity contribution in [1.29, 1.82) is 0 Å². The number of aryl methyl sites for hydroxylation is 2. The van der Waals surface area contributed by atoms with Crippen molar-refractivity contribution in [1.82, 2.24) is 14.7 Å². The van der Waals surface area contributed by atoms with Crippen LogP contribution in [0.5, 0.6) is 0 Å². The molecule has 2 aromatic carbocycles. The van der Waals surface area contributed by atoms with E-state index in [4.69, 9.17) is 0 Å². The van der Waals surface area contributed by atoms with Gasteiger partial charge >= 0.3 is 0 Å². The number of nitrogens with one attached hydrogen (secondary N) is 1. The maximum absolute atomic E-state index is 14.2. The molecule has 0 fully saturated rings.